The number of nitrogens with zero attached hydrogens (tertiary/aromatic N) is 2. The van der Waals surface area contributed by atoms with Gasteiger partial charge in [0.25, 0.3) is 11.8 Å². The quantitative estimate of drug-likeness (QED) is 0.261. The Balaban J connectivity index is 1.77. The molecule has 10 nitrogen and oxygen atoms in total. The molecule has 3 rings (SSSR count). The highest BCUT2D eigenvalue weighted by Gasteiger charge is 2.27. The third kappa shape index (κ3) is 7.82. The number of hydrazine groups is 1. The minimum Gasteiger partial charge on any atom is -0.493 e. The Morgan fingerprint density at radius 2 is 1.54 bits per heavy atom. The van der Waals surface area contributed by atoms with Crippen molar-refractivity contribution in [2.45, 2.75) is 25.9 Å². The predicted molar refractivity (Wildman–Crippen MR) is 146 cm³/mol. The van der Waals surface area contributed by atoms with Crippen LogP contribution in [0, 0.1) is 0 Å². The molecule has 0 aliphatic rings. The van der Waals surface area contributed by atoms with E-state index in [1.54, 1.807) is 43.2 Å². The summed E-state index contributed by atoms with van der Waals surface area (Å²) >= 11 is 12.1. The average molecular weight is 575 g/mol. The van der Waals surface area contributed by atoms with E-state index in [1.165, 1.54) is 26.3 Å². The molecule has 2 aromatic carbocycles. The number of hydrogen-bond acceptors (Lipinski definition) is 8. The lowest BCUT2D eigenvalue weighted by Crippen LogP contribution is -2.51. The Bertz CT molecular complexity index is 1260. The third-order valence-corrected chi connectivity index (χ3v) is 6.04. The molecule has 3 aromatic rings. The molecule has 0 aliphatic carbocycles. The summed E-state index contributed by atoms with van der Waals surface area (Å²) < 4.78 is 15.1. The zero-order valence-corrected chi connectivity index (χ0v) is 23.2. The number of rotatable bonds is 10. The maximum Gasteiger partial charge on any atom is 0.514 e. The van der Waals surface area contributed by atoms with Crippen molar-refractivity contribution in [3.8, 4) is 11.5 Å². The highest BCUT2D eigenvalue weighted by molar-refractivity contribution is 6.30. The van der Waals surface area contributed by atoms with Crippen molar-refractivity contribution in [2.24, 2.45) is 0 Å². The molecule has 2 amide bonds. The van der Waals surface area contributed by atoms with E-state index in [0.717, 1.165) is 11.1 Å². The van der Waals surface area contributed by atoms with Crippen molar-refractivity contribution in [3.63, 3.8) is 0 Å². The zero-order valence-electron chi connectivity index (χ0n) is 21.7. The average Bonchev–Trinajstić information content (AvgIpc) is 2.91. The Hall–Kier alpha value is -3.86. The van der Waals surface area contributed by atoms with Crippen molar-refractivity contribution < 1.29 is 28.6 Å². The Morgan fingerprint density at radius 3 is 2.05 bits per heavy atom. The molecular weight excluding hydrogens is 547 g/mol. The number of pyridine rings is 1. The molecule has 206 valence electrons. The van der Waals surface area contributed by atoms with Crippen LogP contribution < -0.4 is 20.2 Å². The Morgan fingerprint density at radius 1 is 0.974 bits per heavy atom. The second-order valence-corrected chi connectivity index (χ2v) is 9.14. The van der Waals surface area contributed by atoms with Crippen LogP contribution in [0.5, 0.6) is 11.5 Å². The van der Waals surface area contributed by atoms with Crippen LogP contribution in [0.2, 0.25) is 10.0 Å². The summed E-state index contributed by atoms with van der Waals surface area (Å²) in [6, 6.07) is 14.5. The number of halogens is 2. The molecule has 2 N–H and O–H groups in total. The van der Waals surface area contributed by atoms with Gasteiger partial charge in [-0.25, -0.2) is 14.8 Å². The highest BCUT2D eigenvalue weighted by atomic mass is 35.5. The molecule has 0 fully saturated rings. The number of methoxy groups -OCH3 is 1. The van der Waals surface area contributed by atoms with Gasteiger partial charge in [-0.1, -0.05) is 47.5 Å². The van der Waals surface area contributed by atoms with Crippen LogP contribution in [-0.4, -0.2) is 54.8 Å². The van der Waals surface area contributed by atoms with Crippen LogP contribution >= 0.6 is 23.2 Å². The summed E-state index contributed by atoms with van der Waals surface area (Å²) in [5.74, 6) is -1.40. The molecule has 1 aromatic heterocycles. The second kappa shape index (κ2) is 13.8. The topological polar surface area (TPSA) is 119 Å². The normalized spacial score (nSPS) is 11.6. The lowest BCUT2D eigenvalue weighted by molar-refractivity contribution is -0.127. The molecule has 0 radical (unpaired) electrons. The van der Waals surface area contributed by atoms with Crippen LogP contribution in [0.4, 0.5) is 4.79 Å². The molecule has 1 atom stereocenters. The first-order chi connectivity index (χ1) is 18.6. The number of hydrogen-bond donors (Lipinski definition) is 2. The second-order valence-electron chi connectivity index (χ2n) is 8.26. The van der Waals surface area contributed by atoms with E-state index >= 15 is 0 Å². The summed E-state index contributed by atoms with van der Waals surface area (Å²) in [6.07, 6.45) is 0.285. The number of benzene rings is 2. The van der Waals surface area contributed by atoms with Gasteiger partial charge in [-0.2, -0.15) is 0 Å². The number of ether oxygens (including phenoxy) is 3. The van der Waals surface area contributed by atoms with Crippen LogP contribution in [0.3, 0.4) is 0 Å². The first kappa shape index (κ1) is 29.7. The maximum atomic E-state index is 13.1. The van der Waals surface area contributed by atoms with E-state index in [1.807, 2.05) is 24.3 Å². The lowest BCUT2D eigenvalue weighted by atomic mass is 9.98. The van der Waals surface area contributed by atoms with Crippen LogP contribution in [0.25, 0.3) is 0 Å². The molecule has 0 unspecified atom stereocenters. The van der Waals surface area contributed by atoms with Gasteiger partial charge in [0.15, 0.2) is 11.4 Å². The predicted octanol–water partition coefficient (Wildman–Crippen LogP) is 4.80. The van der Waals surface area contributed by atoms with Gasteiger partial charge in [0.05, 0.1) is 19.8 Å². The highest BCUT2D eigenvalue weighted by Crippen LogP contribution is 2.30. The molecule has 12 heteroatoms. The van der Waals surface area contributed by atoms with Crippen molar-refractivity contribution in [3.05, 3.63) is 87.7 Å². The number of carbonyl (C=O) groups excluding carboxylic acids is 3. The van der Waals surface area contributed by atoms with E-state index in [9.17, 15) is 14.4 Å². The molecular formula is C27H28Cl2N4O6. The van der Waals surface area contributed by atoms with Gasteiger partial charge in [0.1, 0.15) is 6.04 Å². The van der Waals surface area contributed by atoms with Gasteiger partial charge in [0.2, 0.25) is 5.75 Å². The van der Waals surface area contributed by atoms with Crippen LogP contribution in [0.15, 0.2) is 60.8 Å². The smallest absolute Gasteiger partial charge is 0.493 e. The van der Waals surface area contributed by atoms with Crippen LogP contribution in [-0.2, 0) is 9.53 Å². The Labute approximate surface area is 236 Å². The number of aromatic nitrogens is 1. The van der Waals surface area contributed by atoms with E-state index in [2.05, 4.69) is 15.7 Å². The van der Waals surface area contributed by atoms with Gasteiger partial charge >= 0.3 is 6.16 Å². The minimum absolute atomic E-state index is 0.0701. The largest absolute Gasteiger partial charge is 0.514 e. The monoisotopic (exact) mass is 574 g/mol. The summed E-state index contributed by atoms with van der Waals surface area (Å²) in [5, 5.41) is 5.35. The molecule has 0 spiro atoms. The minimum atomic E-state index is -1.03. The van der Waals surface area contributed by atoms with E-state index in [-0.39, 0.29) is 23.8 Å². The Kier molecular flexibility index (Phi) is 10.5. The fraction of sp³-hybridized carbons (Fsp3) is 0.259. The SMILES string of the molecule is CCOC(=O)Oc1c(OC)ccnc1C(=O)N[C@@H](C)C(=O)NN(C)C(c1ccc(Cl)cc1)c1ccc(Cl)cc1. The van der Waals surface area contributed by atoms with Gasteiger partial charge in [-0.15, -0.1) is 0 Å². The van der Waals surface area contributed by atoms with Crippen molar-refractivity contribution in [2.75, 3.05) is 20.8 Å². The number of carbonyl (C=O) groups is 3. The van der Waals surface area contributed by atoms with E-state index < -0.39 is 30.1 Å². The van der Waals surface area contributed by atoms with Gasteiger partial charge < -0.3 is 19.5 Å². The van der Waals surface area contributed by atoms with E-state index in [4.69, 9.17) is 37.4 Å². The van der Waals surface area contributed by atoms with Gasteiger partial charge in [0, 0.05) is 29.4 Å². The van der Waals surface area contributed by atoms with Gasteiger partial charge in [-0.05, 0) is 49.2 Å². The zero-order chi connectivity index (χ0) is 28.5. The molecule has 1 heterocycles. The molecule has 0 aliphatic heterocycles. The van der Waals surface area contributed by atoms with E-state index in [0.29, 0.717) is 10.0 Å². The standard InChI is InChI=1S/C27H28Cl2N4O6/c1-5-38-27(36)39-24-21(37-4)14-15-30-22(24)26(35)31-16(2)25(34)32-33(3)23(17-6-10-19(28)11-7-17)18-8-12-20(29)13-9-18/h6-16,23H,5H2,1-4H3,(H,31,35)(H,32,34)/t16-/m0/s1. The summed E-state index contributed by atoms with van der Waals surface area (Å²) in [4.78, 5) is 42.0. The fourth-order valence-corrected chi connectivity index (χ4v) is 3.93. The summed E-state index contributed by atoms with van der Waals surface area (Å²) in [7, 11) is 3.05. The molecule has 0 saturated carbocycles. The van der Waals surface area contributed by atoms with Crippen molar-refractivity contribution in [1.29, 1.82) is 0 Å². The lowest BCUT2D eigenvalue weighted by Gasteiger charge is -2.30. The third-order valence-electron chi connectivity index (χ3n) is 5.54. The first-order valence-electron chi connectivity index (χ1n) is 11.9. The fourth-order valence-electron chi connectivity index (χ4n) is 3.68. The summed E-state index contributed by atoms with van der Waals surface area (Å²) in [5.41, 5.74) is 4.29. The molecule has 0 bridgehead atoms. The number of nitrogens with one attached hydrogen (secondary N) is 2. The van der Waals surface area contributed by atoms with Gasteiger partial charge in [-0.3, -0.25) is 15.0 Å². The maximum absolute atomic E-state index is 13.1. The van der Waals surface area contributed by atoms with Crippen molar-refractivity contribution >= 4 is 41.2 Å². The summed E-state index contributed by atoms with van der Waals surface area (Å²) in [6.45, 7) is 3.19. The first-order valence-corrected chi connectivity index (χ1v) is 12.6. The molecule has 39 heavy (non-hydrogen) atoms. The number of amides is 2. The van der Waals surface area contributed by atoms with Crippen molar-refractivity contribution in [1.82, 2.24) is 20.7 Å². The molecule has 0 saturated heterocycles. The van der Waals surface area contributed by atoms with Crippen LogP contribution in [0.1, 0.15) is 41.5 Å².